The van der Waals surface area contributed by atoms with Crippen molar-refractivity contribution in [2.75, 3.05) is 6.61 Å². The van der Waals surface area contributed by atoms with Crippen LogP contribution in [0.15, 0.2) is 30.3 Å². The predicted octanol–water partition coefficient (Wildman–Crippen LogP) is 1.89. The zero-order chi connectivity index (χ0) is 13.2. The summed E-state index contributed by atoms with van der Waals surface area (Å²) in [5.74, 6) is 0. The standard InChI is InChI=1S/C12H13F3O3/c13-12(14,15)11(16)10-9(18-10)7-17-6-8-4-2-1-3-5-8/h1-5,9-11,16H,6-7H2/t9-,10+,11+/m1/s1. The van der Waals surface area contributed by atoms with Crippen molar-refractivity contribution < 1.29 is 27.8 Å². The van der Waals surface area contributed by atoms with Gasteiger partial charge in [0.05, 0.1) is 13.2 Å². The summed E-state index contributed by atoms with van der Waals surface area (Å²) < 4.78 is 46.4. The van der Waals surface area contributed by atoms with Gasteiger partial charge in [0, 0.05) is 0 Å². The van der Waals surface area contributed by atoms with Gasteiger partial charge in [-0.3, -0.25) is 0 Å². The van der Waals surface area contributed by atoms with Gasteiger partial charge in [0.1, 0.15) is 12.2 Å². The van der Waals surface area contributed by atoms with Crippen LogP contribution in [0, 0.1) is 0 Å². The molecule has 0 aliphatic carbocycles. The van der Waals surface area contributed by atoms with Crippen LogP contribution in [-0.4, -0.2) is 36.2 Å². The first-order valence-corrected chi connectivity index (χ1v) is 5.50. The molecule has 1 N–H and O–H groups in total. The van der Waals surface area contributed by atoms with Gasteiger partial charge < -0.3 is 14.6 Å². The van der Waals surface area contributed by atoms with E-state index in [4.69, 9.17) is 14.6 Å². The number of ether oxygens (including phenoxy) is 2. The number of hydrogen-bond donors (Lipinski definition) is 1. The van der Waals surface area contributed by atoms with Crippen LogP contribution in [0.25, 0.3) is 0 Å². The molecule has 3 nitrogen and oxygen atoms in total. The van der Waals surface area contributed by atoms with E-state index >= 15 is 0 Å². The van der Waals surface area contributed by atoms with Crippen LogP contribution in [0.1, 0.15) is 5.56 Å². The molecule has 1 aromatic rings. The Labute approximate surface area is 102 Å². The minimum absolute atomic E-state index is 0.0483. The van der Waals surface area contributed by atoms with E-state index in [0.29, 0.717) is 6.61 Å². The molecule has 1 heterocycles. The van der Waals surface area contributed by atoms with E-state index in [1.54, 1.807) is 0 Å². The highest BCUT2D eigenvalue weighted by molar-refractivity contribution is 5.13. The Balaban J connectivity index is 1.68. The van der Waals surface area contributed by atoms with Crippen LogP contribution in [0.2, 0.25) is 0 Å². The second-order valence-corrected chi connectivity index (χ2v) is 4.13. The van der Waals surface area contributed by atoms with E-state index in [2.05, 4.69) is 0 Å². The van der Waals surface area contributed by atoms with Crippen molar-refractivity contribution in [3.8, 4) is 0 Å². The second-order valence-electron chi connectivity index (χ2n) is 4.13. The second kappa shape index (κ2) is 5.26. The molecule has 2 rings (SSSR count). The van der Waals surface area contributed by atoms with Crippen LogP contribution in [0.5, 0.6) is 0 Å². The number of aliphatic hydroxyl groups excluding tert-OH is 1. The molecule has 3 atom stereocenters. The maximum atomic E-state index is 12.1. The molecule has 100 valence electrons. The zero-order valence-electron chi connectivity index (χ0n) is 9.43. The van der Waals surface area contributed by atoms with E-state index in [-0.39, 0.29) is 6.61 Å². The lowest BCUT2D eigenvalue weighted by atomic mass is 10.2. The molecule has 1 aliphatic heterocycles. The van der Waals surface area contributed by atoms with Crippen molar-refractivity contribution in [1.82, 2.24) is 0 Å². The first-order chi connectivity index (χ1) is 8.48. The van der Waals surface area contributed by atoms with Gasteiger partial charge in [-0.25, -0.2) is 0 Å². The molecule has 0 spiro atoms. The smallest absolute Gasteiger partial charge is 0.381 e. The molecular formula is C12H13F3O3. The lowest BCUT2D eigenvalue weighted by molar-refractivity contribution is -0.208. The molecule has 0 radical (unpaired) electrons. The van der Waals surface area contributed by atoms with Crippen molar-refractivity contribution in [2.45, 2.75) is 31.1 Å². The molecule has 0 amide bonds. The van der Waals surface area contributed by atoms with Crippen molar-refractivity contribution in [2.24, 2.45) is 0 Å². The fourth-order valence-corrected chi connectivity index (χ4v) is 1.62. The Bertz CT molecular complexity index is 380. The average Bonchev–Trinajstić information content (AvgIpc) is 3.08. The third kappa shape index (κ3) is 3.44. The van der Waals surface area contributed by atoms with E-state index in [0.717, 1.165) is 5.56 Å². The fraction of sp³-hybridized carbons (Fsp3) is 0.500. The minimum Gasteiger partial charge on any atom is -0.381 e. The van der Waals surface area contributed by atoms with Crippen LogP contribution in [0.3, 0.4) is 0 Å². The molecule has 1 aliphatic rings. The Morgan fingerprint density at radius 3 is 2.56 bits per heavy atom. The quantitative estimate of drug-likeness (QED) is 0.824. The highest BCUT2D eigenvalue weighted by Gasteiger charge is 2.55. The van der Waals surface area contributed by atoms with Gasteiger partial charge in [-0.15, -0.1) is 0 Å². The number of halogens is 3. The molecule has 1 fully saturated rings. The zero-order valence-corrected chi connectivity index (χ0v) is 9.43. The predicted molar refractivity (Wildman–Crippen MR) is 56.8 cm³/mol. The summed E-state index contributed by atoms with van der Waals surface area (Å²) in [5, 5.41) is 8.91. The molecule has 6 heteroatoms. The minimum atomic E-state index is -4.64. The van der Waals surface area contributed by atoms with E-state index in [9.17, 15) is 13.2 Å². The van der Waals surface area contributed by atoms with Gasteiger partial charge in [-0.05, 0) is 5.56 Å². The van der Waals surface area contributed by atoms with Gasteiger partial charge in [0.25, 0.3) is 0 Å². The summed E-state index contributed by atoms with van der Waals surface area (Å²) in [5.41, 5.74) is 0.936. The summed E-state index contributed by atoms with van der Waals surface area (Å²) in [7, 11) is 0. The Morgan fingerprint density at radius 1 is 1.28 bits per heavy atom. The third-order valence-electron chi connectivity index (χ3n) is 2.66. The van der Waals surface area contributed by atoms with E-state index < -0.39 is 24.5 Å². The molecule has 1 aromatic carbocycles. The summed E-state index contributed by atoms with van der Waals surface area (Å²) in [6, 6.07) is 9.28. The highest BCUT2D eigenvalue weighted by atomic mass is 19.4. The average molecular weight is 262 g/mol. The lowest BCUT2D eigenvalue weighted by Crippen LogP contribution is -2.35. The Kier molecular flexibility index (Phi) is 3.89. The van der Waals surface area contributed by atoms with Crippen molar-refractivity contribution in [3.05, 3.63) is 35.9 Å². The SMILES string of the molecule is O[C@@H]([C@H]1O[C@@H]1COCc1ccccc1)C(F)(F)F. The molecule has 0 unspecified atom stereocenters. The normalized spacial score (nSPS) is 24.9. The lowest BCUT2D eigenvalue weighted by Gasteiger charge is -2.11. The van der Waals surface area contributed by atoms with Crippen LogP contribution >= 0.6 is 0 Å². The first-order valence-electron chi connectivity index (χ1n) is 5.50. The fourth-order valence-electron chi connectivity index (χ4n) is 1.62. The highest BCUT2D eigenvalue weighted by Crippen LogP contribution is 2.34. The number of aliphatic hydroxyl groups is 1. The van der Waals surface area contributed by atoms with Crippen LogP contribution in [-0.2, 0) is 16.1 Å². The molecule has 0 bridgehead atoms. The van der Waals surface area contributed by atoms with Crippen molar-refractivity contribution in [3.63, 3.8) is 0 Å². The monoisotopic (exact) mass is 262 g/mol. The molecular weight excluding hydrogens is 249 g/mol. The Morgan fingerprint density at radius 2 is 1.94 bits per heavy atom. The Hall–Kier alpha value is -1.11. The van der Waals surface area contributed by atoms with Crippen LogP contribution in [0.4, 0.5) is 13.2 Å². The van der Waals surface area contributed by atoms with Crippen molar-refractivity contribution >= 4 is 0 Å². The summed E-state index contributed by atoms with van der Waals surface area (Å²) >= 11 is 0. The molecule has 0 aromatic heterocycles. The summed E-state index contributed by atoms with van der Waals surface area (Å²) in [4.78, 5) is 0. The third-order valence-corrected chi connectivity index (χ3v) is 2.66. The van der Waals surface area contributed by atoms with Gasteiger partial charge in [0.2, 0.25) is 0 Å². The number of rotatable bonds is 5. The maximum absolute atomic E-state index is 12.1. The summed E-state index contributed by atoms with van der Waals surface area (Å²) in [6.07, 6.45) is -8.94. The largest absolute Gasteiger partial charge is 0.417 e. The first kappa shape index (κ1) is 13.3. The number of alkyl halides is 3. The van der Waals surface area contributed by atoms with Gasteiger partial charge in [0.15, 0.2) is 6.10 Å². The van der Waals surface area contributed by atoms with Gasteiger partial charge in [-0.2, -0.15) is 13.2 Å². The number of hydrogen-bond acceptors (Lipinski definition) is 3. The van der Waals surface area contributed by atoms with Crippen molar-refractivity contribution in [1.29, 1.82) is 0 Å². The maximum Gasteiger partial charge on any atom is 0.417 e. The van der Waals surface area contributed by atoms with E-state index in [1.165, 1.54) is 0 Å². The van der Waals surface area contributed by atoms with E-state index in [1.807, 2.05) is 30.3 Å². The molecule has 0 saturated carbocycles. The van der Waals surface area contributed by atoms with Gasteiger partial charge >= 0.3 is 6.18 Å². The number of benzene rings is 1. The molecule has 1 saturated heterocycles. The van der Waals surface area contributed by atoms with Gasteiger partial charge in [-0.1, -0.05) is 30.3 Å². The summed E-state index contributed by atoms with van der Waals surface area (Å²) in [6.45, 7) is 0.363. The topological polar surface area (TPSA) is 42.0 Å². The molecule has 18 heavy (non-hydrogen) atoms. The number of epoxide rings is 1. The van der Waals surface area contributed by atoms with Crippen LogP contribution < -0.4 is 0 Å².